The van der Waals surface area contributed by atoms with E-state index in [1.165, 1.54) is 0 Å². The third-order valence-corrected chi connectivity index (χ3v) is 6.43. The zero-order valence-electron chi connectivity index (χ0n) is 18.7. The second kappa shape index (κ2) is 9.87. The fourth-order valence-corrected chi connectivity index (χ4v) is 4.26. The number of sulfonamides is 1. The minimum absolute atomic E-state index is 0.188. The van der Waals surface area contributed by atoms with Crippen LogP contribution in [0.25, 0.3) is 0 Å². The molecule has 2 N–H and O–H groups in total. The third kappa shape index (κ3) is 5.88. The van der Waals surface area contributed by atoms with E-state index in [2.05, 4.69) is 10.0 Å². The smallest absolute Gasteiger partial charge is 0.261 e. The van der Waals surface area contributed by atoms with Gasteiger partial charge in [-0.3, -0.25) is 9.52 Å². The number of carbonyl (C=O) groups is 1. The molecule has 0 saturated heterocycles. The van der Waals surface area contributed by atoms with E-state index < -0.39 is 10.0 Å². The SMILES string of the molecule is Cc1ccc(S(=O)(=O)Nc2ccc(C(=O)NCCOc3cc(C)ccc3C)cc2C)cc1. The van der Waals surface area contributed by atoms with Crippen molar-refractivity contribution in [3.8, 4) is 5.75 Å². The fraction of sp³-hybridized carbons (Fsp3) is 0.240. The largest absolute Gasteiger partial charge is 0.491 e. The van der Waals surface area contributed by atoms with Crippen LogP contribution in [0.4, 0.5) is 5.69 Å². The number of anilines is 1. The lowest BCUT2D eigenvalue weighted by Gasteiger charge is -2.13. The molecule has 168 valence electrons. The number of rotatable bonds is 8. The summed E-state index contributed by atoms with van der Waals surface area (Å²) in [4.78, 5) is 12.7. The predicted octanol–water partition coefficient (Wildman–Crippen LogP) is 4.53. The first-order valence-electron chi connectivity index (χ1n) is 10.3. The molecule has 0 spiro atoms. The van der Waals surface area contributed by atoms with Crippen LogP contribution >= 0.6 is 0 Å². The van der Waals surface area contributed by atoms with Gasteiger partial charge in [0.1, 0.15) is 12.4 Å². The van der Waals surface area contributed by atoms with E-state index >= 15 is 0 Å². The van der Waals surface area contributed by atoms with Gasteiger partial charge >= 0.3 is 0 Å². The summed E-state index contributed by atoms with van der Waals surface area (Å²) < 4.78 is 33.6. The summed E-state index contributed by atoms with van der Waals surface area (Å²) in [6, 6.07) is 17.5. The Morgan fingerprint density at radius 1 is 0.844 bits per heavy atom. The summed E-state index contributed by atoms with van der Waals surface area (Å²) >= 11 is 0. The lowest BCUT2D eigenvalue weighted by Crippen LogP contribution is -2.28. The number of amides is 1. The number of ether oxygens (including phenoxy) is 1. The van der Waals surface area contributed by atoms with Crippen LogP contribution in [0.3, 0.4) is 0 Å². The van der Waals surface area contributed by atoms with Gasteiger partial charge < -0.3 is 10.1 Å². The van der Waals surface area contributed by atoms with Crippen molar-refractivity contribution < 1.29 is 17.9 Å². The Hall–Kier alpha value is -3.32. The van der Waals surface area contributed by atoms with Gasteiger partial charge in [0.2, 0.25) is 0 Å². The molecule has 0 aliphatic heterocycles. The minimum Gasteiger partial charge on any atom is -0.491 e. The topological polar surface area (TPSA) is 84.5 Å². The lowest BCUT2D eigenvalue weighted by molar-refractivity contribution is 0.0947. The molecule has 7 heteroatoms. The van der Waals surface area contributed by atoms with E-state index in [9.17, 15) is 13.2 Å². The highest BCUT2D eigenvalue weighted by molar-refractivity contribution is 7.92. The van der Waals surface area contributed by atoms with Gasteiger partial charge in [0.25, 0.3) is 15.9 Å². The zero-order chi connectivity index (χ0) is 23.3. The molecule has 0 bridgehead atoms. The molecule has 3 rings (SSSR count). The number of benzene rings is 3. The minimum atomic E-state index is -3.70. The molecule has 3 aromatic rings. The van der Waals surface area contributed by atoms with Crippen LogP contribution in [0.5, 0.6) is 5.75 Å². The van der Waals surface area contributed by atoms with Crippen molar-refractivity contribution in [2.24, 2.45) is 0 Å². The molecule has 0 aliphatic carbocycles. The van der Waals surface area contributed by atoms with Gasteiger partial charge in [0.05, 0.1) is 17.1 Å². The Morgan fingerprint density at radius 2 is 1.53 bits per heavy atom. The van der Waals surface area contributed by atoms with Crippen LogP contribution in [-0.4, -0.2) is 27.5 Å². The molecule has 0 heterocycles. The fourth-order valence-electron chi connectivity index (χ4n) is 3.13. The second-order valence-corrected chi connectivity index (χ2v) is 9.50. The van der Waals surface area contributed by atoms with Gasteiger partial charge in [0.15, 0.2) is 0 Å². The summed E-state index contributed by atoms with van der Waals surface area (Å²) in [5.74, 6) is 0.561. The molecule has 32 heavy (non-hydrogen) atoms. The van der Waals surface area contributed by atoms with Gasteiger partial charge in [-0.05, 0) is 80.8 Å². The van der Waals surface area contributed by atoms with Crippen LogP contribution < -0.4 is 14.8 Å². The first-order chi connectivity index (χ1) is 15.2. The van der Waals surface area contributed by atoms with Crippen molar-refractivity contribution in [2.75, 3.05) is 17.9 Å². The highest BCUT2D eigenvalue weighted by Gasteiger charge is 2.16. The average Bonchev–Trinajstić information content (AvgIpc) is 2.75. The summed E-state index contributed by atoms with van der Waals surface area (Å²) in [5, 5.41) is 2.83. The van der Waals surface area contributed by atoms with Gasteiger partial charge in [-0.15, -0.1) is 0 Å². The number of carbonyl (C=O) groups excluding carboxylic acids is 1. The van der Waals surface area contributed by atoms with Crippen LogP contribution in [-0.2, 0) is 10.0 Å². The number of nitrogens with one attached hydrogen (secondary N) is 2. The molecule has 0 unspecified atom stereocenters. The molecule has 0 atom stereocenters. The van der Waals surface area contributed by atoms with Gasteiger partial charge in [-0.2, -0.15) is 0 Å². The molecule has 0 saturated carbocycles. The monoisotopic (exact) mass is 452 g/mol. The molecule has 0 aromatic heterocycles. The Kier molecular flexibility index (Phi) is 7.20. The van der Waals surface area contributed by atoms with Crippen molar-refractivity contribution >= 4 is 21.6 Å². The first-order valence-corrected chi connectivity index (χ1v) is 11.8. The predicted molar refractivity (Wildman–Crippen MR) is 127 cm³/mol. The Bertz CT molecular complexity index is 1220. The Balaban J connectivity index is 1.58. The van der Waals surface area contributed by atoms with Gasteiger partial charge in [-0.25, -0.2) is 8.42 Å². The maximum atomic E-state index is 12.6. The second-order valence-electron chi connectivity index (χ2n) is 7.82. The van der Waals surface area contributed by atoms with Crippen LogP contribution in [0, 0.1) is 27.7 Å². The van der Waals surface area contributed by atoms with Crippen LogP contribution in [0.15, 0.2) is 65.6 Å². The molecule has 3 aromatic carbocycles. The van der Waals surface area contributed by atoms with E-state index in [4.69, 9.17) is 4.74 Å². The number of hydrogen-bond donors (Lipinski definition) is 2. The van der Waals surface area contributed by atoms with Crippen LogP contribution in [0.2, 0.25) is 0 Å². The Labute approximate surface area is 189 Å². The van der Waals surface area contributed by atoms with Crippen molar-refractivity contribution in [2.45, 2.75) is 32.6 Å². The summed E-state index contributed by atoms with van der Waals surface area (Å²) in [7, 11) is -3.70. The number of aryl methyl sites for hydroxylation is 4. The van der Waals surface area contributed by atoms with E-state index in [0.29, 0.717) is 30.0 Å². The van der Waals surface area contributed by atoms with Crippen molar-refractivity contribution in [1.82, 2.24) is 5.32 Å². The third-order valence-electron chi connectivity index (χ3n) is 5.05. The zero-order valence-corrected chi connectivity index (χ0v) is 19.5. The summed E-state index contributed by atoms with van der Waals surface area (Å²) in [5.41, 5.74) is 4.67. The molecule has 0 fully saturated rings. The van der Waals surface area contributed by atoms with Crippen LogP contribution in [0.1, 0.15) is 32.6 Å². The highest BCUT2D eigenvalue weighted by Crippen LogP contribution is 2.22. The van der Waals surface area contributed by atoms with Gasteiger partial charge in [0, 0.05) is 5.56 Å². The van der Waals surface area contributed by atoms with E-state index in [1.54, 1.807) is 49.4 Å². The standard InChI is InChI=1S/C25H28N2O4S/c1-17-6-10-22(11-7-17)32(29,30)27-23-12-9-21(16-20(23)4)25(28)26-13-14-31-24-15-18(2)5-8-19(24)3/h5-12,15-16,27H,13-14H2,1-4H3,(H,26,28). The normalized spacial score (nSPS) is 11.1. The first kappa shape index (κ1) is 23.3. The Morgan fingerprint density at radius 3 is 2.22 bits per heavy atom. The molecule has 6 nitrogen and oxygen atoms in total. The summed E-state index contributed by atoms with van der Waals surface area (Å²) in [6.45, 7) is 8.34. The van der Waals surface area contributed by atoms with Gasteiger partial charge in [-0.1, -0.05) is 29.8 Å². The molecular weight excluding hydrogens is 424 g/mol. The summed E-state index contributed by atoms with van der Waals surface area (Å²) in [6.07, 6.45) is 0. The van der Waals surface area contributed by atoms with E-state index in [0.717, 1.165) is 22.4 Å². The van der Waals surface area contributed by atoms with Crippen molar-refractivity contribution in [3.63, 3.8) is 0 Å². The van der Waals surface area contributed by atoms with E-state index in [1.807, 2.05) is 39.0 Å². The van der Waals surface area contributed by atoms with Crippen molar-refractivity contribution in [3.05, 3.63) is 88.5 Å². The lowest BCUT2D eigenvalue weighted by atomic mass is 10.1. The van der Waals surface area contributed by atoms with Crippen molar-refractivity contribution in [1.29, 1.82) is 0 Å². The molecule has 0 radical (unpaired) electrons. The maximum Gasteiger partial charge on any atom is 0.261 e. The molecule has 0 aliphatic rings. The average molecular weight is 453 g/mol. The maximum absolute atomic E-state index is 12.6. The molecule has 1 amide bonds. The van der Waals surface area contributed by atoms with E-state index in [-0.39, 0.29) is 10.8 Å². The molecular formula is C25H28N2O4S. The highest BCUT2D eigenvalue weighted by atomic mass is 32.2. The quantitative estimate of drug-likeness (QED) is 0.492. The number of hydrogen-bond acceptors (Lipinski definition) is 4.